The first-order valence-corrected chi connectivity index (χ1v) is 11.3. The Morgan fingerprint density at radius 2 is 1.90 bits per heavy atom. The third-order valence-corrected chi connectivity index (χ3v) is 6.97. The summed E-state index contributed by atoms with van der Waals surface area (Å²) >= 11 is 0. The summed E-state index contributed by atoms with van der Waals surface area (Å²) in [5.74, 6) is -0.197. The molecule has 2 saturated heterocycles. The van der Waals surface area contributed by atoms with Crippen molar-refractivity contribution >= 4 is 27.0 Å². The van der Waals surface area contributed by atoms with Crippen molar-refractivity contribution in [3.8, 4) is 0 Å². The van der Waals surface area contributed by atoms with E-state index in [-0.39, 0.29) is 29.6 Å². The third kappa shape index (κ3) is 4.26. The average Bonchev–Trinajstić information content (AvgIpc) is 3.14. The molecule has 1 amide bonds. The zero-order valence-electron chi connectivity index (χ0n) is 16.9. The average molecular weight is 439 g/mol. The third-order valence-electron chi connectivity index (χ3n) is 5.08. The summed E-state index contributed by atoms with van der Waals surface area (Å²) in [5.41, 5.74) is 0.845. The highest BCUT2D eigenvalue weighted by molar-refractivity contribution is 7.89. The molecule has 0 N–H and O–H groups in total. The number of benzene rings is 1. The van der Waals surface area contributed by atoms with Crippen LogP contribution in [-0.4, -0.2) is 96.9 Å². The Hall–Kier alpha value is -2.28. The Morgan fingerprint density at radius 1 is 1.20 bits per heavy atom. The van der Waals surface area contributed by atoms with Crippen LogP contribution >= 0.6 is 0 Å². The number of ether oxygens (including phenoxy) is 2. The van der Waals surface area contributed by atoms with Gasteiger partial charge in [-0.25, -0.2) is 8.42 Å². The largest absolute Gasteiger partial charge is 0.385 e. The van der Waals surface area contributed by atoms with Crippen LogP contribution in [0.4, 0.5) is 0 Å². The molecule has 3 heterocycles. The first-order valence-electron chi connectivity index (χ1n) is 9.84. The van der Waals surface area contributed by atoms with Crippen LogP contribution in [-0.2, 0) is 24.3 Å². The predicted molar refractivity (Wildman–Crippen MR) is 105 cm³/mol. The molecule has 12 heteroatoms. The van der Waals surface area contributed by atoms with Crippen molar-refractivity contribution in [3.63, 3.8) is 0 Å². The molecule has 2 unspecified atom stereocenters. The Bertz CT molecular complexity index is 1010. The van der Waals surface area contributed by atoms with Gasteiger partial charge in [-0.15, -0.1) is 5.10 Å². The van der Waals surface area contributed by atoms with E-state index in [1.807, 2.05) is 13.8 Å². The minimum absolute atomic E-state index is 0.0437. The summed E-state index contributed by atoms with van der Waals surface area (Å²) in [6.07, 6.45) is -0.0873. The summed E-state index contributed by atoms with van der Waals surface area (Å²) < 4.78 is 38.1. The fraction of sp³-hybridized carbons (Fsp3) is 0.611. The molecule has 11 nitrogen and oxygen atoms in total. The smallest absolute Gasteiger partial charge is 0.263 e. The molecule has 4 rings (SSSR count). The molecule has 1 aromatic carbocycles. The number of carbonyl (C=O) groups excluding carboxylic acids is 1. The SMILES string of the molecule is CC1CN(C(=O)COn2nnc3ccc(S(=O)(=O)N4CCOCC4)cc32)CC(C)O1. The molecule has 0 radical (unpaired) electrons. The molecule has 1 aromatic heterocycles. The van der Waals surface area contributed by atoms with E-state index in [9.17, 15) is 13.2 Å². The highest BCUT2D eigenvalue weighted by Crippen LogP contribution is 2.21. The lowest BCUT2D eigenvalue weighted by Crippen LogP contribution is -2.50. The molecule has 164 valence electrons. The van der Waals surface area contributed by atoms with Crippen LogP contribution < -0.4 is 4.84 Å². The highest BCUT2D eigenvalue weighted by Gasteiger charge is 2.28. The molecule has 0 saturated carbocycles. The fourth-order valence-electron chi connectivity index (χ4n) is 3.66. The maximum atomic E-state index is 12.9. The van der Waals surface area contributed by atoms with Crippen LogP contribution in [0.3, 0.4) is 0 Å². The van der Waals surface area contributed by atoms with Gasteiger partial charge < -0.3 is 19.2 Å². The van der Waals surface area contributed by atoms with Crippen molar-refractivity contribution in [1.29, 1.82) is 0 Å². The van der Waals surface area contributed by atoms with E-state index in [1.54, 1.807) is 11.0 Å². The van der Waals surface area contributed by atoms with Crippen molar-refractivity contribution in [2.45, 2.75) is 31.0 Å². The molecule has 0 spiro atoms. The van der Waals surface area contributed by atoms with Crippen LogP contribution in [0.25, 0.3) is 11.0 Å². The van der Waals surface area contributed by atoms with E-state index < -0.39 is 10.0 Å². The Balaban J connectivity index is 1.50. The number of aromatic nitrogens is 3. The van der Waals surface area contributed by atoms with E-state index in [0.717, 1.165) is 4.85 Å². The van der Waals surface area contributed by atoms with Gasteiger partial charge in [-0.05, 0) is 37.3 Å². The van der Waals surface area contributed by atoms with Gasteiger partial charge in [-0.3, -0.25) is 4.79 Å². The number of amides is 1. The second kappa shape index (κ2) is 8.46. The Labute approximate surface area is 174 Å². The molecule has 0 aliphatic carbocycles. The quantitative estimate of drug-likeness (QED) is 0.613. The van der Waals surface area contributed by atoms with Gasteiger partial charge in [0, 0.05) is 26.2 Å². The second-order valence-corrected chi connectivity index (χ2v) is 9.40. The minimum atomic E-state index is -3.67. The Kier molecular flexibility index (Phi) is 5.91. The van der Waals surface area contributed by atoms with Crippen molar-refractivity contribution in [2.24, 2.45) is 0 Å². The predicted octanol–water partition coefficient (Wildman–Crippen LogP) is -0.483. The lowest BCUT2D eigenvalue weighted by molar-refractivity contribution is -0.148. The lowest BCUT2D eigenvalue weighted by Gasteiger charge is -2.35. The molecule has 2 aliphatic heterocycles. The van der Waals surface area contributed by atoms with Gasteiger partial charge in [0.15, 0.2) is 6.61 Å². The molecule has 0 bridgehead atoms. The highest BCUT2D eigenvalue weighted by atomic mass is 32.2. The lowest BCUT2D eigenvalue weighted by atomic mass is 10.2. The summed E-state index contributed by atoms with van der Waals surface area (Å²) in [4.78, 5) is 21.0. The zero-order chi connectivity index (χ0) is 21.3. The number of nitrogens with zero attached hydrogens (tertiary/aromatic N) is 5. The fourth-order valence-corrected chi connectivity index (χ4v) is 5.09. The van der Waals surface area contributed by atoms with Crippen molar-refractivity contribution in [2.75, 3.05) is 46.0 Å². The zero-order valence-corrected chi connectivity index (χ0v) is 17.7. The van der Waals surface area contributed by atoms with Crippen LogP contribution in [0.1, 0.15) is 13.8 Å². The maximum Gasteiger partial charge on any atom is 0.263 e. The molecule has 2 atom stereocenters. The van der Waals surface area contributed by atoms with Crippen LogP contribution in [0.15, 0.2) is 23.1 Å². The van der Waals surface area contributed by atoms with Gasteiger partial charge >= 0.3 is 0 Å². The Morgan fingerprint density at radius 3 is 2.60 bits per heavy atom. The summed E-state index contributed by atoms with van der Waals surface area (Å²) in [6.45, 7) is 5.92. The molecule has 30 heavy (non-hydrogen) atoms. The van der Waals surface area contributed by atoms with Crippen LogP contribution in [0.5, 0.6) is 0 Å². The van der Waals surface area contributed by atoms with Crippen molar-refractivity contribution in [3.05, 3.63) is 18.2 Å². The van der Waals surface area contributed by atoms with E-state index in [2.05, 4.69) is 10.3 Å². The molecule has 2 aromatic rings. The van der Waals surface area contributed by atoms with E-state index in [4.69, 9.17) is 14.3 Å². The monoisotopic (exact) mass is 439 g/mol. The van der Waals surface area contributed by atoms with Gasteiger partial charge in [0.2, 0.25) is 10.0 Å². The summed E-state index contributed by atoms with van der Waals surface area (Å²) in [5, 5.41) is 7.88. The van der Waals surface area contributed by atoms with E-state index >= 15 is 0 Å². The first-order chi connectivity index (χ1) is 14.3. The normalized spacial score (nSPS) is 23.6. The van der Waals surface area contributed by atoms with Gasteiger partial charge in [0.1, 0.15) is 11.0 Å². The number of rotatable bonds is 5. The standard InChI is InChI=1S/C18H25N5O6S/c1-13-10-21(11-14(2)29-13)18(24)12-28-23-17-9-15(3-4-16(17)19-20-23)30(25,26)22-5-7-27-8-6-22/h3-4,9,13-14H,5-8,10-12H2,1-2H3. The number of fused-ring (bicyclic) bond motifs is 1. The summed E-state index contributed by atoms with van der Waals surface area (Å²) in [7, 11) is -3.67. The number of sulfonamides is 1. The van der Waals surface area contributed by atoms with E-state index in [1.165, 1.54) is 16.4 Å². The van der Waals surface area contributed by atoms with Gasteiger partial charge in [0.05, 0.1) is 30.3 Å². The minimum Gasteiger partial charge on any atom is -0.385 e. The van der Waals surface area contributed by atoms with Crippen molar-refractivity contribution in [1.82, 2.24) is 24.4 Å². The number of carbonyl (C=O) groups is 1. The summed E-state index contributed by atoms with van der Waals surface area (Å²) in [6, 6.07) is 4.53. The van der Waals surface area contributed by atoms with Crippen LogP contribution in [0.2, 0.25) is 0 Å². The number of hydrogen-bond acceptors (Lipinski definition) is 8. The number of hydrogen-bond donors (Lipinski definition) is 0. The van der Waals surface area contributed by atoms with Gasteiger partial charge in [0.25, 0.3) is 5.91 Å². The molecule has 2 aliphatic rings. The van der Waals surface area contributed by atoms with Gasteiger partial charge in [-0.2, -0.15) is 4.31 Å². The maximum absolute atomic E-state index is 12.9. The second-order valence-electron chi connectivity index (χ2n) is 7.46. The van der Waals surface area contributed by atoms with Crippen LogP contribution in [0, 0.1) is 0 Å². The molecule has 2 fully saturated rings. The first kappa shape index (κ1) is 21.0. The number of morpholine rings is 2. The van der Waals surface area contributed by atoms with E-state index in [0.29, 0.717) is 50.4 Å². The molecular weight excluding hydrogens is 414 g/mol. The molecular formula is C18H25N5O6S. The van der Waals surface area contributed by atoms with Gasteiger partial charge in [-0.1, -0.05) is 4.85 Å². The van der Waals surface area contributed by atoms with Crippen molar-refractivity contribution < 1.29 is 27.5 Å². The topological polar surface area (TPSA) is 116 Å².